The molecule has 0 saturated carbocycles. The van der Waals surface area contributed by atoms with Gasteiger partial charge in [-0.15, -0.1) is 0 Å². The molecule has 0 amide bonds. The summed E-state index contributed by atoms with van der Waals surface area (Å²) in [5.41, 5.74) is 3.83. The van der Waals surface area contributed by atoms with Crippen molar-refractivity contribution in [2.45, 2.75) is 46.3 Å². The topological polar surface area (TPSA) is 42.4 Å². The zero-order valence-corrected chi connectivity index (χ0v) is 15.3. The van der Waals surface area contributed by atoms with Gasteiger partial charge in [0.2, 0.25) is 0 Å². The fraction of sp³-hybridized carbons (Fsp3) is 0.429. The maximum Gasteiger partial charge on any atom is 0.161 e. The van der Waals surface area contributed by atoms with Crippen molar-refractivity contribution in [2.24, 2.45) is 0 Å². The van der Waals surface area contributed by atoms with Crippen molar-refractivity contribution >= 4 is 11.6 Å². The third kappa shape index (κ3) is 4.26. The fourth-order valence-electron chi connectivity index (χ4n) is 3.39. The molecule has 1 saturated heterocycles. The highest BCUT2D eigenvalue weighted by molar-refractivity contribution is 5.95. The van der Waals surface area contributed by atoms with Gasteiger partial charge in [-0.2, -0.15) is 0 Å². The Bertz CT molecular complexity index is 735. The van der Waals surface area contributed by atoms with E-state index in [4.69, 9.17) is 9.72 Å². The monoisotopic (exact) mass is 338 g/mol. The van der Waals surface area contributed by atoms with Crippen LogP contribution in [0.1, 0.15) is 46.9 Å². The van der Waals surface area contributed by atoms with E-state index in [0.717, 1.165) is 48.6 Å². The Morgan fingerprint density at radius 2 is 1.88 bits per heavy atom. The minimum absolute atomic E-state index is 0.0765. The average Bonchev–Trinajstić information content (AvgIpc) is 2.63. The highest BCUT2D eigenvalue weighted by Crippen LogP contribution is 2.25. The van der Waals surface area contributed by atoms with Crippen molar-refractivity contribution in [3.63, 3.8) is 0 Å². The van der Waals surface area contributed by atoms with Gasteiger partial charge in [0.05, 0.1) is 18.4 Å². The average molecular weight is 338 g/mol. The molecule has 4 nitrogen and oxygen atoms in total. The molecule has 1 aromatic heterocycles. The summed E-state index contributed by atoms with van der Waals surface area (Å²) < 4.78 is 6.07. The molecule has 3 rings (SSSR count). The van der Waals surface area contributed by atoms with E-state index in [1.165, 1.54) is 5.56 Å². The molecule has 4 heteroatoms. The molecule has 0 radical (unpaired) electrons. The van der Waals surface area contributed by atoms with Gasteiger partial charge in [-0.25, -0.2) is 4.98 Å². The van der Waals surface area contributed by atoms with Gasteiger partial charge in [0.25, 0.3) is 0 Å². The molecule has 0 atom stereocenters. The fourth-order valence-corrected chi connectivity index (χ4v) is 3.39. The third-order valence-electron chi connectivity index (χ3n) is 4.83. The maximum atomic E-state index is 11.7. The van der Waals surface area contributed by atoms with Crippen LogP contribution < -0.4 is 4.90 Å². The summed E-state index contributed by atoms with van der Waals surface area (Å²) in [4.78, 5) is 18.7. The number of ketones is 1. The molecule has 1 aliphatic rings. The second-order valence-corrected chi connectivity index (χ2v) is 6.80. The van der Waals surface area contributed by atoms with Gasteiger partial charge in [0.1, 0.15) is 5.82 Å². The normalized spacial score (nSPS) is 15.4. The Morgan fingerprint density at radius 3 is 2.52 bits per heavy atom. The summed E-state index contributed by atoms with van der Waals surface area (Å²) in [7, 11) is 0. The lowest BCUT2D eigenvalue weighted by Crippen LogP contribution is -2.38. The number of pyridine rings is 1. The summed E-state index contributed by atoms with van der Waals surface area (Å²) in [6.07, 6.45) is 2.30. The number of benzene rings is 1. The van der Waals surface area contributed by atoms with Crippen molar-refractivity contribution in [1.29, 1.82) is 0 Å². The van der Waals surface area contributed by atoms with E-state index in [2.05, 4.69) is 17.0 Å². The van der Waals surface area contributed by atoms with Gasteiger partial charge < -0.3 is 9.64 Å². The summed E-state index contributed by atoms with van der Waals surface area (Å²) in [6.45, 7) is 8.09. The predicted molar refractivity (Wildman–Crippen MR) is 100 cm³/mol. The van der Waals surface area contributed by atoms with Crippen LogP contribution in [0.2, 0.25) is 0 Å². The minimum atomic E-state index is 0.0765. The smallest absolute Gasteiger partial charge is 0.161 e. The van der Waals surface area contributed by atoms with Crippen molar-refractivity contribution < 1.29 is 9.53 Å². The van der Waals surface area contributed by atoms with E-state index in [-0.39, 0.29) is 5.78 Å². The number of aromatic nitrogens is 1. The Morgan fingerprint density at radius 1 is 1.20 bits per heavy atom. The molecular formula is C21H26N2O2. The summed E-state index contributed by atoms with van der Waals surface area (Å²) in [6, 6.07) is 12.3. The van der Waals surface area contributed by atoms with Crippen LogP contribution in [0.5, 0.6) is 0 Å². The molecule has 0 unspecified atom stereocenters. The molecule has 1 fully saturated rings. The molecule has 25 heavy (non-hydrogen) atoms. The van der Waals surface area contributed by atoms with Crippen LogP contribution in [-0.4, -0.2) is 30.0 Å². The number of carbonyl (C=O) groups excluding carboxylic acids is 1. The van der Waals surface area contributed by atoms with Gasteiger partial charge in [-0.1, -0.05) is 30.3 Å². The summed E-state index contributed by atoms with van der Waals surface area (Å²) >= 11 is 0. The lowest BCUT2D eigenvalue weighted by molar-refractivity contribution is 0.0250. The first-order valence-electron chi connectivity index (χ1n) is 8.94. The Hall–Kier alpha value is -2.20. The highest BCUT2D eigenvalue weighted by atomic mass is 16.5. The van der Waals surface area contributed by atoms with Crippen molar-refractivity contribution in [1.82, 2.24) is 4.98 Å². The van der Waals surface area contributed by atoms with Gasteiger partial charge in [-0.05, 0) is 50.8 Å². The molecule has 132 valence electrons. The largest absolute Gasteiger partial charge is 0.373 e. The number of nitrogens with zero attached hydrogens (tertiary/aromatic N) is 2. The van der Waals surface area contributed by atoms with Crippen LogP contribution >= 0.6 is 0 Å². The van der Waals surface area contributed by atoms with Gasteiger partial charge in [0, 0.05) is 18.7 Å². The number of aryl methyl sites for hydroxylation is 2. The van der Waals surface area contributed by atoms with Crippen LogP contribution in [0.15, 0.2) is 36.4 Å². The van der Waals surface area contributed by atoms with E-state index in [0.29, 0.717) is 12.7 Å². The SMILES string of the molecule is CC(=O)c1cc(C)c(N2CCC(OCc3ccccc3)CC2)nc1C. The molecule has 2 aromatic rings. The first kappa shape index (κ1) is 17.6. The molecule has 1 aromatic carbocycles. The second kappa shape index (κ2) is 7.79. The number of anilines is 1. The number of Topliss-reactive ketones (excluding diaryl/α,β-unsaturated/α-hetero) is 1. The van der Waals surface area contributed by atoms with Crippen molar-refractivity contribution in [2.75, 3.05) is 18.0 Å². The Balaban J connectivity index is 1.59. The summed E-state index contributed by atoms with van der Waals surface area (Å²) in [5, 5.41) is 0. The van der Waals surface area contributed by atoms with Crippen LogP contribution in [0.3, 0.4) is 0 Å². The number of rotatable bonds is 5. The molecule has 1 aliphatic heterocycles. The lowest BCUT2D eigenvalue weighted by atomic mass is 10.0. The van der Waals surface area contributed by atoms with Gasteiger partial charge in [-0.3, -0.25) is 4.79 Å². The molecule has 0 aliphatic carbocycles. The van der Waals surface area contributed by atoms with E-state index >= 15 is 0 Å². The molecular weight excluding hydrogens is 312 g/mol. The van der Waals surface area contributed by atoms with Crippen molar-refractivity contribution in [3.05, 3.63) is 58.8 Å². The lowest BCUT2D eigenvalue weighted by Gasteiger charge is -2.34. The minimum Gasteiger partial charge on any atom is -0.373 e. The number of carbonyl (C=O) groups is 1. The van der Waals surface area contributed by atoms with Gasteiger partial charge in [0.15, 0.2) is 5.78 Å². The van der Waals surface area contributed by atoms with Crippen LogP contribution in [0.4, 0.5) is 5.82 Å². The second-order valence-electron chi connectivity index (χ2n) is 6.80. The van der Waals surface area contributed by atoms with E-state index < -0.39 is 0 Å². The molecule has 2 heterocycles. The standard InChI is InChI=1S/C21H26N2O2/c1-15-13-20(17(3)24)16(2)22-21(15)23-11-9-19(10-12-23)25-14-18-7-5-4-6-8-18/h4-8,13,19H,9-12,14H2,1-3H3. The molecule has 0 N–H and O–H groups in total. The molecule has 0 spiro atoms. The predicted octanol–water partition coefficient (Wildman–Crippen LogP) is 4.09. The van der Waals surface area contributed by atoms with E-state index in [1.54, 1.807) is 6.92 Å². The number of ether oxygens (including phenoxy) is 1. The van der Waals surface area contributed by atoms with Gasteiger partial charge >= 0.3 is 0 Å². The van der Waals surface area contributed by atoms with E-state index in [1.807, 2.05) is 38.1 Å². The summed E-state index contributed by atoms with van der Waals surface area (Å²) in [5.74, 6) is 1.08. The maximum absolute atomic E-state index is 11.7. The zero-order chi connectivity index (χ0) is 17.8. The van der Waals surface area contributed by atoms with Crippen LogP contribution in [0, 0.1) is 13.8 Å². The number of piperidine rings is 1. The first-order valence-corrected chi connectivity index (χ1v) is 8.94. The molecule has 0 bridgehead atoms. The van der Waals surface area contributed by atoms with E-state index in [9.17, 15) is 4.79 Å². The Labute approximate surface area is 149 Å². The highest BCUT2D eigenvalue weighted by Gasteiger charge is 2.22. The number of hydrogen-bond donors (Lipinski definition) is 0. The third-order valence-corrected chi connectivity index (χ3v) is 4.83. The first-order chi connectivity index (χ1) is 12.0. The Kier molecular flexibility index (Phi) is 5.49. The van der Waals surface area contributed by atoms with Crippen LogP contribution in [-0.2, 0) is 11.3 Å². The zero-order valence-electron chi connectivity index (χ0n) is 15.3. The van der Waals surface area contributed by atoms with Crippen molar-refractivity contribution in [3.8, 4) is 0 Å². The van der Waals surface area contributed by atoms with Crippen LogP contribution in [0.25, 0.3) is 0 Å². The number of hydrogen-bond acceptors (Lipinski definition) is 4. The quantitative estimate of drug-likeness (QED) is 0.770.